The highest BCUT2D eigenvalue weighted by atomic mass is 19.4. The summed E-state index contributed by atoms with van der Waals surface area (Å²) in [4.78, 5) is 18.1. The van der Waals surface area contributed by atoms with Crippen molar-refractivity contribution in [2.24, 2.45) is 0 Å². The van der Waals surface area contributed by atoms with Gasteiger partial charge in [0.15, 0.2) is 5.75 Å². The summed E-state index contributed by atoms with van der Waals surface area (Å²) in [7, 11) is 0. The average molecular weight is 364 g/mol. The third-order valence-corrected chi connectivity index (χ3v) is 4.36. The third kappa shape index (κ3) is 3.98. The van der Waals surface area contributed by atoms with Crippen LogP contribution in [0.1, 0.15) is 41.0 Å². The smallest absolute Gasteiger partial charge is 0.421 e. The van der Waals surface area contributed by atoms with Crippen molar-refractivity contribution in [3.8, 4) is 5.75 Å². The van der Waals surface area contributed by atoms with Gasteiger partial charge in [0, 0.05) is 13.1 Å². The Kier molecular flexibility index (Phi) is 5.15. The number of carbonyl (C=O) groups is 1. The summed E-state index contributed by atoms with van der Waals surface area (Å²) in [5.41, 5.74) is -0.204. The second-order valence-electron chi connectivity index (χ2n) is 6.23. The van der Waals surface area contributed by atoms with E-state index in [-0.39, 0.29) is 11.3 Å². The van der Waals surface area contributed by atoms with Crippen LogP contribution in [0.4, 0.5) is 18.9 Å². The summed E-state index contributed by atoms with van der Waals surface area (Å²) in [5, 5.41) is 0. The minimum Gasteiger partial charge on any atom is -0.421 e. The zero-order valence-corrected chi connectivity index (χ0v) is 14.3. The first-order chi connectivity index (χ1) is 12.4. The molecule has 1 saturated heterocycles. The van der Waals surface area contributed by atoms with Crippen LogP contribution in [-0.2, 0) is 6.18 Å². The Balaban J connectivity index is 1.82. The summed E-state index contributed by atoms with van der Waals surface area (Å²) in [6.45, 7) is 3.13. The Labute approximate surface area is 149 Å². The number of pyridine rings is 1. The molecule has 1 aliphatic heterocycles. The van der Waals surface area contributed by atoms with Gasteiger partial charge in [-0.3, -0.25) is 0 Å². The summed E-state index contributed by atoms with van der Waals surface area (Å²) < 4.78 is 43.7. The number of alkyl halides is 3. The van der Waals surface area contributed by atoms with Crippen molar-refractivity contribution < 1.29 is 22.7 Å². The lowest BCUT2D eigenvalue weighted by atomic mass is 10.1. The van der Waals surface area contributed by atoms with Crippen molar-refractivity contribution in [1.82, 2.24) is 4.98 Å². The molecule has 1 aliphatic rings. The first kappa shape index (κ1) is 18.2. The van der Waals surface area contributed by atoms with Gasteiger partial charge in [-0.1, -0.05) is 12.1 Å². The van der Waals surface area contributed by atoms with Gasteiger partial charge in [0.2, 0.25) is 0 Å². The van der Waals surface area contributed by atoms with E-state index in [1.165, 1.54) is 13.3 Å². The summed E-state index contributed by atoms with van der Waals surface area (Å²) in [5.74, 6) is -0.313. The standard InChI is InChI=1S/C19H19F3N2O2/c1-13-14(9-10-17(23-13)19(20,21)22)18(25)26-16-8-4-3-7-15(16)24-11-5-2-6-12-24/h3-4,7-10H,2,5-6,11-12H2,1H3. The van der Waals surface area contributed by atoms with E-state index in [2.05, 4.69) is 9.88 Å². The number of para-hydroxylation sites is 2. The van der Waals surface area contributed by atoms with E-state index in [0.29, 0.717) is 5.75 Å². The maximum atomic E-state index is 12.7. The van der Waals surface area contributed by atoms with E-state index in [1.807, 2.05) is 12.1 Å². The first-order valence-electron chi connectivity index (χ1n) is 8.47. The van der Waals surface area contributed by atoms with E-state index in [9.17, 15) is 18.0 Å². The van der Waals surface area contributed by atoms with Gasteiger partial charge in [0.1, 0.15) is 5.69 Å². The highest BCUT2D eigenvalue weighted by Crippen LogP contribution is 2.32. The molecular formula is C19H19F3N2O2. The molecular weight excluding hydrogens is 345 g/mol. The number of halogens is 3. The van der Waals surface area contributed by atoms with Crippen molar-refractivity contribution in [3.63, 3.8) is 0 Å². The van der Waals surface area contributed by atoms with Crippen LogP contribution in [0, 0.1) is 6.92 Å². The number of carbonyl (C=O) groups excluding carboxylic acids is 1. The summed E-state index contributed by atoms with van der Waals surface area (Å²) in [6.07, 6.45) is -1.22. The molecule has 0 amide bonds. The molecule has 0 saturated carbocycles. The fourth-order valence-corrected chi connectivity index (χ4v) is 3.03. The monoisotopic (exact) mass is 364 g/mol. The van der Waals surface area contributed by atoms with Crippen LogP contribution in [-0.4, -0.2) is 24.0 Å². The number of piperidine rings is 1. The van der Waals surface area contributed by atoms with E-state index < -0.39 is 17.8 Å². The molecule has 0 spiro atoms. The van der Waals surface area contributed by atoms with E-state index in [4.69, 9.17) is 4.74 Å². The van der Waals surface area contributed by atoms with Crippen LogP contribution in [0.3, 0.4) is 0 Å². The van der Waals surface area contributed by atoms with E-state index in [0.717, 1.165) is 43.8 Å². The third-order valence-electron chi connectivity index (χ3n) is 4.36. The van der Waals surface area contributed by atoms with Gasteiger partial charge < -0.3 is 9.64 Å². The number of rotatable bonds is 3. The van der Waals surface area contributed by atoms with Gasteiger partial charge in [-0.2, -0.15) is 13.2 Å². The number of aromatic nitrogens is 1. The number of benzene rings is 1. The summed E-state index contributed by atoms with van der Waals surface area (Å²) in [6, 6.07) is 9.09. The molecule has 0 radical (unpaired) electrons. The fourth-order valence-electron chi connectivity index (χ4n) is 3.03. The van der Waals surface area contributed by atoms with Crippen molar-refractivity contribution in [2.75, 3.05) is 18.0 Å². The minimum absolute atomic E-state index is 0.0136. The lowest BCUT2D eigenvalue weighted by Crippen LogP contribution is -2.30. The molecule has 2 aromatic rings. The highest BCUT2D eigenvalue weighted by molar-refractivity contribution is 5.92. The Morgan fingerprint density at radius 1 is 1.08 bits per heavy atom. The van der Waals surface area contributed by atoms with E-state index in [1.54, 1.807) is 12.1 Å². The van der Waals surface area contributed by atoms with Crippen LogP contribution < -0.4 is 9.64 Å². The molecule has 0 bridgehead atoms. The lowest BCUT2D eigenvalue weighted by Gasteiger charge is -2.30. The maximum Gasteiger partial charge on any atom is 0.433 e. The highest BCUT2D eigenvalue weighted by Gasteiger charge is 2.33. The zero-order valence-electron chi connectivity index (χ0n) is 14.3. The van der Waals surface area contributed by atoms with Crippen LogP contribution in [0.15, 0.2) is 36.4 Å². The molecule has 0 aliphatic carbocycles. The van der Waals surface area contributed by atoms with Gasteiger partial charge in [0.25, 0.3) is 0 Å². The molecule has 138 valence electrons. The normalized spacial score (nSPS) is 15.0. The van der Waals surface area contributed by atoms with E-state index >= 15 is 0 Å². The average Bonchev–Trinajstić information content (AvgIpc) is 2.62. The Hall–Kier alpha value is -2.57. The number of esters is 1. The number of hydrogen-bond donors (Lipinski definition) is 0. The predicted octanol–water partition coefficient (Wildman–Crippen LogP) is 4.62. The van der Waals surface area contributed by atoms with Crippen LogP contribution >= 0.6 is 0 Å². The lowest BCUT2D eigenvalue weighted by molar-refractivity contribution is -0.141. The Bertz CT molecular complexity index is 800. The van der Waals surface area contributed by atoms with Gasteiger partial charge >= 0.3 is 12.1 Å². The molecule has 0 N–H and O–H groups in total. The fraction of sp³-hybridized carbons (Fsp3) is 0.368. The predicted molar refractivity (Wildman–Crippen MR) is 91.4 cm³/mol. The van der Waals surface area contributed by atoms with Crippen LogP contribution in [0.25, 0.3) is 0 Å². The number of aryl methyl sites for hydroxylation is 1. The van der Waals surface area contributed by atoms with Crippen molar-refractivity contribution in [1.29, 1.82) is 0 Å². The van der Waals surface area contributed by atoms with Gasteiger partial charge in [-0.05, 0) is 50.5 Å². The van der Waals surface area contributed by atoms with Crippen molar-refractivity contribution >= 4 is 11.7 Å². The quantitative estimate of drug-likeness (QED) is 0.589. The van der Waals surface area contributed by atoms with Gasteiger partial charge in [-0.25, -0.2) is 9.78 Å². The first-order valence-corrected chi connectivity index (χ1v) is 8.47. The number of anilines is 1. The molecule has 3 rings (SSSR count). The van der Waals surface area contributed by atoms with Crippen LogP contribution in [0.2, 0.25) is 0 Å². The number of hydrogen-bond acceptors (Lipinski definition) is 4. The largest absolute Gasteiger partial charge is 0.433 e. The number of nitrogens with zero attached hydrogens (tertiary/aromatic N) is 2. The molecule has 7 heteroatoms. The topological polar surface area (TPSA) is 42.4 Å². The molecule has 0 unspecified atom stereocenters. The molecule has 4 nitrogen and oxygen atoms in total. The van der Waals surface area contributed by atoms with Crippen molar-refractivity contribution in [3.05, 3.63) is 53.3 Å². The second kappa shape index (κ2) is 7.35. The second-order valence-corrected chi connectivity index (χ2v) is 6.23. The Morgan fingerprint density at radius 2 is 1.77 bits per heavy atom. The minimum atomic E-state index is -4.55. The molecule has 1 aromatic heterocycles. The van der Waals surface area contributed by atoms with Gasteiger partial charge in [0.05, 0.1) is 16.9 Å². The SMILES string of the molecule is Cc1nc(C(F)(F)F)ccc1C(=O)Oc1ccccc1N1CCCCC1. The number of ether oxygens (including phenoxy) is 1. The van der Waals surface area contributed by atoms with Crippen molar-refractivity contribution in [2.45, 2.75) is 32.4 Å². The summed E-state index contributed by atoms with van der Waals surface area (Å²) >= 11 is 0. The molecule has 1 aromatic carbocycles. The molecule has 2 heterocycles. The Morgan fingerprint density at radius 3 is 2.42 bits per heavy atom. The molecule has 26 heavy (non-hydrogen) atoms. The maximum absolute atomic E-state index is 12.7. The van der Waals surface area contributed by atoms with Crippen LogP contribution in [0.5, 0.6) is 5.75 Å². The van der Waals surface area contributed by atoms with Gasteiger partial charge in [-0.15, -0.1) is 0 Å². The molecule has 0 atom stereocenters. The zero-order chi connectivity index (χ0) is 18.7. The molecule has 1 fully saturated rings.